The summed E-state index contributed by atoms with van der Waals surface area (Å²) in [6.07, 6.45) is 1.59. The van der Waals surface area contributed by atoms with E-state index in [-0.39, 0.29) is 17.2 Å². The number of carbonyl (C=O) groups is 3. The molecule has 224 valence electrons. The maximum atomic E-state index is 13.5. The van der Waals surface area contributed by atoms with Crippen molar-refractivity contribution in [2.45, 2.75) is 11.5 Å². The van der Waals surface area contributed by atoms with Crippen LogP contribution in [0.1, 0.15) is 31.8 Å². The number of Topliss-reactive ketones (excluding diaryl/α,β-unsaturated/α-hetero) is 1. The van der Waals surface area contributed by atoms with Crippen molar-refractivity contribution in [1.29, 1.82) is 0 Å². The third-order valence-electron chi connectivity index (χ3n) is 6.60. The summed E-state index contributed by atoms with van der Waals surface area (Å²) in [5.41, 5.74) is 3.10. The quantitative estimate of drug-likeness (QED) is 0.0850. The van der Waals surface area contributed by atoms with Crippen LogP contribution in [-0.4, -0.2) is 23.4 Å². The molecule has 2 amide bonds. The first-order valence-corrected chi connectivity index (χ1v) is 15.1. The molecule has 2 N–H and O–H groups in total. The molecule has 0 aliphatic rings. The van der Waals surface area contributed by atoms with E-state index >= 15 is 0 Å². The highest BCUT2D eigenvalue weighted by atomic mass is 32.2. The highest BCUT2D eigenvalue weighted by molar-refractivity contribution is 8.00. The first-order valence-electron chi connectivity index (χ1n) is 14.1. The normalized spacial score (nSPS) is 11.0. The maximum Gasteiger partial charge on any atom is 0.272 e. The second-order valence-electron chi connectivity index (χ2n) is 9.92. The Morgan fingerprint density at radius 3 is 2.13 bits per heavy atom. The van der Waals surface area contributed by atoms with Gasteiger partial charge < -0.3 is 15.4 Å². The van der Waals surface area contributed by atoms with Crippen molar-refractivity contribution in [1.82, 2.24) is 5.32 Å². The van der Waals surface area contributed by atoms with Gasteiger partial charge in [-0.1, -0.05) is 66.7 Å². The van der Waals surface area contributed by atoms with E-state index in [1.807, 2.05) is 36.4 Å². The van der Waals surface area contributed by atoms with E-state index in [4.69, 9.17) is 4.74 Å². The molecular weight excluding hydrogens is 587 g/mol. The number of anilines is 1. The number of thioether (sulfide) groups is 1. The van der Waals surface area contributed by atoms with Crippen molar-refractivity contribution in [3.8, 4) is 5.75 Å². The lowest BCUT2D eigenvalue weighted by Gasteiger charge is -2.12. The third kappa shape index (κ3) is 9.26. The lowest BCUT2D eigenvalue weighted by molar-refractivity contribution is -0.113. The molecule has 45 heavy (non-hydrogen) atoms. The van der Waals surface area contributed by atoms with E-state index in [1.54, 1.807) is 78.9 Å². The van der Waals surface area contributed by atoms with Gasteiger partial charge in [-0.2, -0.15) is 0 Å². The molecule has 0 spiro atoms. The minimum absolute atomic E-state index is 0.0475. The van der Waals surface area contributed by atoms with Crippen LogP contribution in [0.15, 0.2) is 144 Å². The molecule has 5 rings (SSSR count). The first-order chi connectivity index (χ1) is 21.9. The number of hydrogen-bond acceptors (Lipinski definition) is 5. The number of hydrogen-bond donors (Lipinski definition) is 2. The van der Waals surface area contributed by atoms with Gasteiger partial charge in [0, 0.05) is 21.7 Å². The van der Waals surface area contributed by atoms with Crippen LogP contribution < -0.4 is 15.4 Å². The Morgan fingerprint density at radius 2 is 1.42 bits per heavy atom. The molecule has 0 saturated carbocycles. The fourth-order valence-electron chi connectivity index (χ4n) is 4.24. The number of halogens is 1. The zero-order valence-corrected chi connectivity index (χ0v) is 24.9. The summed E-state index contributed by atoms with van der Waals surface area (Å²) in [5.74, 6) is -0.674. The fraction of sp³-hybridized carbons (Fsp3) is 0.0541. The van der Waals surface area contributed by atoms with Gasteiger partial charge >= 0.3 is 0 Å². The van der Waals surface area contributed by atoms with E-state index in [0.29, 0.717) is 34.7 Å². The molecule has 8 heteroatoms. The highest BCUT2D eigenvalue weighted by Gasteiger charge is 2.16. The highest BCUT2D eigenvalue weighted by Crippen LogP contribution is 2.24. The Balaban J connectivity index is 1.28. The Kier molecular flexibility index (Phi) is 10.5. The van der Waals surface area contributed by atoms with Crippen LogP contribution in [0, 0.1) is 5.82 Å². The standard InChI is InChI=1S/C37H29FN2O4S/c38-30-18-16-28(17-19-30)35(41)25-45-33-13-7-12-31(23-33)39-37(43)34(40-36(42)29-10-5-2-6-11-29)22-26-14-20-32(21-15-26)44-24-27-8-3-1-4-9-27/h1-23H,24-25H2,(H,39,43)(H,40,42)/b34-22-. The van der Waals surface area contributed by atoms with Crippen LogP contribution in [-0.2, 0) is 11.4 Å². The number of ether oxygens (including phenoxy) is 1. The molecular formula is C37H29FN2O4S. The predicted molar refractivity (Wildman–Crippen MR) is 176 cm³/mol. The first kappa shape index (κ1) is 31.0. The van der Waals surface area contributed by atoms with Gasteiger partial charge in [-0.15, -0.1) is 11.8 Å². The summed E-state index contributed by atoms with van der Waals surface area (Å²) in [6.45, 7) is 0.425. The topological polar surface area (TPSA) is 84.5 Å². The lowest BCUT2D eigenvalue weighted by Crippen LogP contribution is -2.30. The molecule has 0 aromatic heterocycles. The Morgan fingerprint density at radius 1 is 0.733 bits per heavy atom. The summed E-state index contributed by atoms with van der Waals surface area (Å²) in [4.78, 5) is 39.8. The number of nitrogens with one attached hydrogen (secondary N) is 2. The van der Waals surface area contributed by atoms with Gasteiger partial charge in [-0.25, -0.2) is 4.39 Å². The van der Waals surface area contributed by atoms with Crippen LogP contribution in [0.5, 0.6) is 5.75 Å². The molecule has 0 saturated heterocycles. The monoisotopic (exact) mass is 616 g/mol. The summed E-state index contributed by atoms with van der Waals surface area (Å²) >= 11 is 1.30. The minimum atomic E-state index is -0.520. The van der Waals surface area contributed by atoms with Crippen molar-refractivity contribution in [2.24, 2.45) is 0 Å². The van der Waals surface area contributed by atoms with Crippen molar-refractivity contribution in [2.75, 3.05) is 11.1 Å². The lowest BCUT2D eigenvalue weighted by atomic mass is 10.1. The van der Waals surface area contributed by atoms with Crippen LogP contribution in [0.25, 0.3) is 6.08 Å². The van der Waals surface area contributed by atoms with Gasteiger partial charge in [-0.3, -0.25) is 14.4 Å². The smallest absolute Gasteiger partial charge is 0.272 e. The van der Waals surface area contributed by atoms with Crippen molar-refractivity contribution in [3.63, 3.8) is 0 Å². The zero-order valence-electron chi connectivity index (χ0n) is 24.1. The minimum Gasteiger partial charge on any atom is -0.489 e. The molecule has 0 heterocycles. The summed E-state index contributed by atoms with van der Waals surface area (Å²) in [7, 11) is 0. The molecule has 0 bridgehead atoms. The Labute approximate surface area is 265 Å². The molecule has 0 aliphatic carbocycles. The van der Waals surface area contributed by atoms with Gasteiger partial charge in [0.05, 0.1) is 5.75 Å². The van der Waals surface area contributed by atoms with Gasteiger partial charge in [0.1, 0.15) is 23.9 Å². The molecule has 5 aromatic carbocycles. The average molecular weight is 617 g/mol. The number of carbonyl (C=O) groups excluding carboxylic acids is 3. The van der Waals surface area contributed by atoms with Gasteiger partial charge in [0.2, 0.25) is 0 Å². The molecule has 0 radical (unpaired) electrons. The van der Waals surface area contributed by atoms with Crippen LogP contribution in [0.3, 0.4) is 0 Å². The summed E-state index contributed by atoms with van der Waals surface area (Å²) < 4.78 is 19.1. The van der Waals surface area contributed by atoms with Gasteiger partial charge in [0.15, 0.2) is 5.78 Å². The Bertz CT molecular complexity index is 1790. The summed E-state index contributed by atoms with van der Waals surface area (Å²) in [5, 5.41) is 5.59. The maximum absolute atomic E-state index is 13.5. The number of rotatable bonds is 12. The van der Waals surface area contributed by atoms with E-state index < -0.39 is 17.6 Å². The second-order valence-corrected chi connectivity index (χ2v) is 11.0. The third-order valence-corrected chi connectivity index (χ3v) is 7.59. The van der Waals surface area contributed by atoms with Crippen molar-refractivity contribution < 1.29 is 23.5 Å². The van der Waals surface area contributed by atoms with Crippen molar-refractivity contribution in [3.05, 3.63) is 167 Å². The van der Waals surface area contributed by atoms with E-state index in [1.165, 1.54) is 36.0 Å². The van der Waals surface area contributed by atoms with Crippen LogP contribution in [0.4, 0.5) is 10.1 Å². The molecule has 0 unspecified atom stereocenters. The summed E-state index contributed by atoms with van der Waals surface area (Å²) in [6, 6.07) is 38.1. The molecule has 5 aromatic rings. The SMILES string of the molecule is O=C(Nc1cccc(SCC(=O)c2ccc(F)cc2)c1)/C(=C/c1ccc(OCc2ccccc2)cc1)NC(=O)c1ccccc1. The molecule has 0 aliphatic heterocycles. The Hall–Kier alpha value is -5.47. The number of ketones is 1. The van der Waals surface area contributed by atoms with Crippen LogP contribution >= 0.6 is 11.8 Å². The van der Waals surface area contributed by atoms with Crippen LogP contribution in [0.2, 0.25) is 0 Å². The molecule has 0 atom stereocenters. The van der Waals surface area contributed by atoms with Gasteiger partial charge in [-0.05, 0) is 83.9 Å². The van der Waals surface area contributed by atoms with E-state index in [2.05, 4.69) is 10.6 Å². The van der Waals surface area contributed by atoms with E-state index in [0.717, 1.165) is 10.5 Å². The zero-order chi connectivity index (χ0) is 31.4. The van der Waals surface area contributed by atoms with Gasteiger partial charge in [0.25, 0.3) is 11.8 Å². The molecule has 0 fully saturated rings. The largest absolute Gasteiger partial charge is 0.489 e. The average Bonchev–Trinajstić information content (AvgIpc) is 3.08. The fourth-order valence-corrected chi connectivity index (χ4v) is 5.09. The number of amides is 2. The molecule has 6 nitrogen and oxygen atoms in total. The second kappa shape index (κ2) is 15.3. The van der Waals surface area contributed by atoms with Crippen molar-refractivity contribution >= 4 is 41.1 Å². The predicted octanol–water partition coefficient (Wildman–Crippen LogP) is 7.79. The number of benzene rings is 5. The van der Waals surface area contributed by atoms with E-state index in [9.17, 15) is 18.8 Å².